The van der Waals surface area contributed by atoms with Gasteiger partial charge in [-0.05, 0) is 49.4 Å². The molecule has 0 aliphatic rings. The molecule has 0 spiro atoms. The second kappa shape index (κ2) is 6.29. The van der Waals surface area contributed by atoms with Gasteiger partial charge in [-0.15, -0.1) is 0 Å². The molecule has 6 nitrogen and oxygen atoms in total. The minimum atomic E-state index is -3.70. The third-order valence-corrected chi connectivity index (χ3v) is 5.95. The van der Waals surface area contributed by atoms with Gasteiger partial charge in [0.25, 0.3) is 10.0 Å². The van der Waals surface area contributed by atoms with Crippen molar-refractivity contribution in [1.82, 2.24) is 4.57 Å². The molecule has 2 aromatic carbocycles. The van der Waals surface area contributed by atoms with Crippen LogP contribution in [0.5, 0.6) is 5.75 Å². The highest BCUT2D eigenvalue weighted by atomic mass is 32.2. The van der Waals surface area contributed by atoms with Crippen LogP contribution in [0.25, 0.3) is 10.2 Å². The Hall–Kier alpha value is -2.32. The molecule has 1 heterocycles. The van der Waals surface area contributed by atoms with Crippen molar-refractivity contribution < 1.29 is 13.2 Å². The first-order chi connectivity index (χ1) is 11.4. The molecule has 0 saturated carbocycles. The van der Waals surface area contributed by atoms with Crippen molar-refractivity contribution >= 4 is 37.3 Å². The summed E-state index contributed by atoms with van der Waals surface area (Å²) in [7, 11) is -2.18. The first kappa shape index (κ1) is 16.5. The van der Waals surface area contributed by atoms with Gasteiger partial charge < -0.3 is 4.74 Å². The Kier molecular flexibility index (Phi) is 4.33. The van der Waals surface area contributed by atoms with Crippen molar-refractivity contribution in [2.45, 2.75) is 18.4 Å². The van der Waals surface area contributed by atoms with Gasteiger partial charge in [-0.3, -0.25) is 14.1 Å². The summed E-state index contributed by atoms with van der Waals surface area (Å²) in [5.41, 5.74) is 1.22. The van der Waals surface area contributed by atoms with Gasteiger partial charge in [-0.2, -0.15) is 0 Å². The number of methoxy groups -OCH3 is 1. The zero-order chi connectivity index (χ0) is 17.3. The molecular formula is C16H16N2O4S2. The number of sulfonamides is 1. The van der Waals surface area contributed by atoms with Crippen LogP contribution in [0.2, 0.25) is 0 Å². The highest BCUT2D eigenvalue weighted by Crippen LogP contribution is 2.24. The Balaban J connectivity index is 1.94. The normalized spacial score (nSPS) is 11.6. The second-order valence-corrected chi connectivity index (χ2v) is 7.75. The summed E-state index contributed by atoms with van der Waals surface area (Å²) in [6.07, 6.45) is 0. The summed E-state index contributed by atoms with van der Waals surface area (Å²) in [5.74, 6) is 0.584. The Morgan fingerprint density at radius 1 is 1.17 bits per heavy atom. The van der Waals surface area contributed by atoms with Gasteiger partial charge in [0.1, 0.15) is 5.75 Å². The van der Waals surface area contributed by atoms with E-state index in [0.717, 1.165) is 21.6 Å². The number of nitrogens with one attached hydrogen (secondary N) is 1. The number of thiazole rings is 1. The van der Waals surface area contributed by atoms with Gasteiger partial charge in [-0.1, -0.05) is 11.3 Å². The Morgan fingerprint density at radius 3 is 2.50 bits per heavy atom. The highest BCUT2D eigenvalue weighted by Gasteiger charge is 2.15. The molecule has 1 N–H and O–H groups in total. The fourth-order valence-corrected chi connectivity index (χ4v) is 4.44. The van der Waals surface area contributed by atoms with Crippen molar-refractivity contribution in [3.63, 3.8) is 0 Å². The van der Waals surface area contributed by atoms with E-state index in [9.17, 15) is 13.2 Å². The van der Waals surface area contributed by atoms with Crippen molar-refractivity contribution in [3.05, 3.63) is 52.1 Å². The van der Waals surface area contributed by atoms with Crippen molar-refractivity contribution in [2.75, 3.05) is 11.8 Å². The largest absolute Gasteiger partial charge is 0.497 e. The molecule has 0 radical (unpaired) electrons. The van der Waals surface area contributed by atoms with Crippen LogP contribution in [0.15, 0.2) is 52.2 Å². The van der Waals surface area contributed by atoms with Crippen molar-refractivity contribution in [3.8, 4) is 5.75 Å². The van der Waals surface area contributed by atoms with Crippen molar-refractivity contribution in [1.29, 1.82) is 0 Å². The predicted molar refractivity (Wildman–Crippen MR) is 95.6 cm³/mol. The zero-order valence-electron chi connectivity index (χ0n) is 13.1. The maximum absolute atomic E-state index is 12.5. The molecule has 8 heteroatoms. The van der Waals surface area contributed by atoms with E-state index in [1.807, 2.05) is 6.92 Å². The molecule has 0 saturated heterocycles. The van der Waals surface area contributed by atoms with Crippen LogP contribution in [0.1, 0.15) is 6.92 Å². The monoisotopic (exact) mass is 364 g/mol. The van der Waals surface area contributed by atoms with Crippen LogP contribution in [0.3, 0.4) is 0 Å². The quantitative estimate of drug-likeness (QED) is 0.755. The topological polar surface area (TPSA) is 77.4 Å². The molecule has 0 unspecified atom stereocenters. The maximum Gasteiger partial charge on any atom is 0.308 e. The SMILES string of the molecule is CCn1c(=O)sc2cc(NS(=O)(=O)c3ccc(OC)cc3)ccc21. The van der Waals surface area contributed by atoms with E-state index in [0.29, 0.717) is 18.0 Å². The molecule has 0 atom stereocenters. The van der Waals surface area contributed by atoms with Crippen LogP contribution in [0.4, 0.5) is 5.69 Å². The fourth-order valence-electron chi connectivity index (χ4n) is 2.40. The Labute approximate surface area is 143 Å². The molecule has 0 fully saturated rings. The number of nitrogens with zero attached hydrogens (tertiary/aromatic N) is 1. The van der Waals surface area contributed by atoms with E-state index in [1.54, 1.807) is 34.9 Å². The molecule has 1 aromatic heterocycles. The summed E-state index contributed by atoms with van der Waals surface area (Å²) < 4.78 is 34.9. The standard InChI is InChI=1S/C16H16N2O4S2/c1-3-18-14-9-4-11(10-15(14)23-16(18)19)17-24(20,21)13-7-5-12(22-2)6-8-13/h4-10,17H,3H2,1-2H3. The van der Waals surface area contributed by atoms with E-state index in [1.165, 1.54) is 19.2 Å². The van der Waals surface area contributed by atoms with Gasteiger partial charge in [-0.25, -0.2) is 8.42 Å². The number of anilines is 1. The summed E-state index contributed by atoms with van der Waals surface area (Å²) in [5, 5.41) is 0. The van der Waals surface area contributed by atoms with Crippen LogP contribution >= 0.6 is 11.3 Å². The number of rotatable bonds is 5. The number of hydrogen-bond acceptors (Lipinski definition) is 5. The minimum Gasteiger partial charge on any atom is -0.497 e. The Morgan fingerprint density at radius 2 is 1.88 bits per heavy atom. The minimum absolute atomic E-state index is 0.0531. The van der Waals surface area contributed by atoms with E-state index in [2.05, 4.69) is 4.72 Å². The second-order valence-electron chi connectivity index (χ2n) is 5.08. The number of hydrogen-bond donors (Lipinski definition) is 1. The van der Waals surface area contributed by atoms with E-state index in [-0.39, 0.29) is 9.77 Å². The lowest BCUT2D eigenvalue weighted by molar-refractivity contribution is 0.414. The average Bonchev–Trinajstić information content (AvgIpc) is 2.88. The number of aryl methyl sites for hydroxylation is 1. The van der Waals surface area contributed by atoms with Crippen LogP contribution in [-0.2, 0) is 16.6 Å². The molecule has 0 aliphatic heterocycles. The Bertz CT molecular complexity index is 1030. The lowest BCUT2D eigenvalue weighted by Crippen LogP contribution is -2.13. The number of benzene rings is 2. The third-order valence-electron chi connectivity index (χ3n) is 3.61. The smallest absolute Gasteiger partial charge is 0.308 e. The number of aromatic nitrogens is 1. The first-order valence-corrected chi connectivity index (χ1v) is 9.55. The number of fused-ring (bicyclic) bond motifs is 1. The molecule has 0 bridgehead atoms. The van der Waals surface area contributed by atoms with Crippen LogP contribution < -0.4 is 14.3 Å². The fraction of sp³-hybridized carbons (Fsp3) is 0.188. The van der Waals surface area contributed by atoms with Gasteiger partial charge in [0.2, 0.25) is 0 Å². The van der Waals surface area contributed by atoms with E-state index >= 15 is 0 Å². The van der Waals surface area contributed by atoms with Crippen molar-refractivity contribution in [2.24, 2.45) is 0 Å². The van der Waals surface area contributed by atoms with E-state index in [4.69, 9.17) is 4.74 Å². The van der Waals surface area contributed by atoms with Gasteiger partial charge in [0, 0.05) is 6.54 Å². The molecule has 3 rings (SSSR count). The molecule has 126 valence electrons. The third kappa shape index (κ3) is 3.02. The molecule has 0 aliphatic carbocycles. The summed E-state index contributed by atoms with van der Waals surface area (Å²) in [4.78, 5) is 12.0. The molecule has 0 amide bonds. The van der Waals surface area contributed by atoms with Gasteiger partial charge in [0.05, 0.1) is 27.9 Å². The summed E-state index contributed by atoms with van der Waals surface area (Å²) >= 11 is 1.10. The van der Waals surface area contributed by atoms with Crippen LogP contribution in [-0.4, -0.2) is 20.1 Å². The number of ether oxygens (including phenoxy) is 1. The first-order valence-electron chi connectivity index (χ1n) is 7.25. The average molecular weight is 364 g/mol. The predicted octanol–water partition coefficient (Wildman–Crippen LogP) is 2.89. The molecular weight excluding hydrogens is 348 g/mol. The van der Waals surface area contributed by atoms with Gasteiger partial charge in [0.15, 0.2) is 0 Å². The molecule has 24 heavy (non-hydrogen) atoms. The van der Waals surface area contributed by atoms with E-state index < -0.39 is 10.0 Å². The summed E-state index contributed by atoms with van der Waals surface area (Å²) in [6.45, 7) is 2.48. The highest BCUT2D eigenvalue weighted by molar-refractivity contribution is 7.92. The lowest BCUT2D eigenvalue weighted by Gasteiger charge is -2.09. The van der Waals surface area contributed by atoms with Gasteiger partial charge >= 0.3 is 4.87 Å². The molecule has 3 aromatic rings. The maximum atomic E-state index is 12.5. The van der Waals surface area contributed by atoms with Crippen LogP contribution in [0, 0.1) is 0 Å². The summed E-state index contributed by atoms with van der Waals surface area (Å²) in [6, 6.07) is 11.2. The zero-order valence-corrected chi connectivity index (χ0v) is 14.8. The lowest BCUT2D eigenvalue weighted by atomic mass is 10.3.